The average Bonchev–Trinajstić information content (AvgIpc) is 2.29. The summed E-state index contributed by atoms with van der Waals surface area (Å²) in [5.41, 5.74) is 0. The van der Waals surface area contributed by atoms with Gasteiger partial charge in [-0.05, 0) is 12.1 Å². The topological polar surface area (TPSA) is 74.7 Å². The Balaban J connectivity index is 2.47. The second-order valence-electron chi connectivity index (χ2n) is 3.57. The van der Waals surface area contributed by atoms with Crippen LogP contribution in [0.3, 0.4) is 0 Å². The van der Waals surface area contributed by atoms with Crippen LogP contribution >= 0.6 is 0 Å². The van der Waals surface area contributed by atoms with Gasteiger partial charge in [0.1, 0.15) is 10.6 Å². The molecule has 1 N–H and O–H groups in total. The molecular weight excluding hydrogens is 242 g/mol. The summed E-state index contributed by atoms with van der Waals surface area (Å²) in [5.74, 6) is -0.842. The molecule has 0 atom stereocenters. The van der Waals surface area contributed by atoms with Crippen molar-refractivity contribution >= 4 is 15.9 Å². The molecule has 0 spiro atoms. The summed E-state index contributed by atoms with van der Waals surface area (Å²) in [6, 6.07) is 5.57. The van der Waals surface area contributed by atoms with Gasteiger partial charge in [0, 0.05) is 6.42 Å². The van der Waals surface area contributed by atoms with E-state index in [9.17, 15) is 18.3 Å². The van der Waals surface area contributed by atoms with Crippen LogP contribution in [-0.4, -0.2) is 30.3 Å². The highest BCUT2D eigenvalue weighted by molar-refractivity contribution is 7.89. The Morgan fingerprint density at radius 3 is 2.53 bits per heavy atom. The Bertz CT molecular complexity index is 577. The molecule has 1 aliphatic heterocycles. The third kappa shape index (κ3) is 2.03. The van der Waals surface area contributed by atoms with Crippen molar-refractivity contribution in [1.82, 2.24) is 4.31 Å². The van der Waals surface area contributed by atoms with Crippen molar-refractivity contribution in [1.29, 1.82) is 0 Å². The van der Waals surface area contributed by atoms with E-state index in [1.54, 1.807) is 12.2 Å². The van der Waals surface area contributed by atoms with Gasteiger partial charge in [-0.25, -0.2) is 12.7 Å². The zero-order valence-electron chi connectivity index (χ0n) is 8.91. The number of hydrogen-bond donors (Lipinski definition) is 1. The largest absolute Gasteiger partial charge is 0.507 e. The number of carbonyl (C=O) groups excluding carboxylic acids is 1. The van der Waals surface area contributed by atoms with E-state index in [0.29, 0.717) is 0 Å². The molecule has 0 aliphatic carbocycles. The summed E-state index contributed by atoms with van der Waals surface area (Å²) in [6.45, 7) is 0.00943. The van der Waals surface area contributed by atoms with Crippen molar-refractivity contribution in [3.63, 3.8) is 0 Å². The highest BCUT2D eigenvalue weighted by atomic mass is 32.2. The molecule has 5 nitrogen and oxygen atoms in total. The van der Waals surface area contributed by atoms with E-state index in [2.05, 4.69) is 0 Å². The Hall–Kier alpha value is -1.82. The van der Waals surface area contributed by atoms with Crippen LogP contribution in [0.15, 0.2) is 41.3 Å². The molecule has 90 valence electrons. The van der Waals surface area contributed by atoms with Crippen molar-refractivity contribution in [2.24, 2.45) is 0 Å². The summed E-state index contributed by atoms with van der Waals surface area (Å²) in [5, 5.41) is 9.53. The van der Waals surface area contributed by atoms with Crippen molar-refractivity contribution in [2.75, 3.05) is 6.54 Å². The summed E-state index contributed by atoms with van der Waals surface area (Å²) in [4.78, 5) is 11.3. The number of carbonyl (C=O) groups is 1. The van der Waals surface area contributed by atoms with Crippen LogP contribution in [0.2, 0.25) is 0 Å². The summed E-state index contributed by atoms with van der Waals surface area (Å²) in [7, 11) is -3.96. The average molecular weight is 253 g/mol. The molecule has 1 aromatic rings. The Morgan fingerprint density at radius 2 is 1.88 bits per heavy atom. The molecule has 0 unspecified atom stereocenters. The normalized spacial score (nSPS) is 16.2. The third-order valence-corrected chi connectivity index (χ3v) is 4.28. The van der Waals surface area contributed by atoms with Gasteiger partial charge in [-0.1, -0.05) is 24.3 Å². The van der Waals surface area contributed by atoms with E-state index in [1.165, 1.54) is 24.3 Å². The molecular formula is C11H11NO4S. The molecule has 1 aromatic carbocycles. The molecule has 1 amide bonds. The highest BCUT2D eigenvalue weighted by Gasteiger charge is 2.31. The minimum absolute atomic E-state index is 0.00943. The minimum atomic E-state index is -3.96. The Morgan fingerprint density at radius 1 is 1.18 bits per heavy atom. The SMILES string of the molecule is O=C1CC=CCN1S(=O)(=O)c1ccccc1O. The molecule has 0 aromatic heterocycles. The van der Waals surface area contributed by atoms with E-state index < -0.39 is 15.9 Å². The van der Waals surface area contributed by atoms with Crippen LogP contribution in [-0.2, 0) is 14.8 Å². The van der Waals surface area contributed by atoms with Gasteiger partial charge in [-0.3, -0.25) is 4.79 Å². The molecule has 1 aliphatic rings. The molecule has 0 radical (unpaired) electrons. The number of benzene rings is 1. The van der Waals surface area contributed by atoms with Crippen LogP contribution in [0.1, 0.15) is 6.42 Å². The van der Waals surface area contributed by atoms with Gasteiger partial charge in [0.25, 0.3) is 10.0 Å². The number of sulfonamides is 1. The molecule has 0 saturated heterocycles. The lowest BCUT2D eigenvalue weighted by Gasteiger charge is -2.23. The fourth-order valence-corrected chi connectivity index (χ4v) is 3.03. The molecule has 2 rings (SSSR count). The number of hydrogen-bond acceptors (Lipinski definition) is 4. The van der Waals surface area contributed by atoms with Gasteiger partial charge in [0.2, 0.25) is 5.91 Å². The van der Waals surface area contributed by atoms with Gasteiger partial charge in [0.05, 0.1) is 6.54 Å². The van der Waals surface area contributed by atoms with E-state index in [0.717, 1.165) is 4.31 Å². The maximum atomic E-state index is 12.1. The quantitative estimate of drug-likeness (QED) is 0.793. The van der Waals surface area contributed by atoms with Crippen LogP contribution in [0, 0.1) is 0 Å². The first-order chi connectivity index (χ1) is 8.03. The summed E-state index contributed by atoms with van der Waals surface area (Å²) >= 11 is 0. The number of aromatic hydroxyl groups is 1. The highest BCUT2D eigenvalue weighted by Crippen LogP contribution is 2.26. The maximum Gasteiger partial charge on any atom is 0.270 e. The van der Waals surface area contributed by atoms with Crippen molar-refractivity contribution in [3.8, 4) is 5.75 Å². The second-order valence-corrected chi connectivity index (χ2v) is 5.40. The monoisotopic (exact) mass is 253 g/mol. The number of amides is 1. The first-order valence-electron chi connectivity index (χ1n) is 5.02. The predicted octanol–water partition coefficient (Wildman–Crippen LogP) is 0.869. The smallest absolute Gasteiger partial charge is 0.270 e. The fourth-order valence-electron chi connectivity index (χ4n) is 1.58. The van der Waals surface area contributed by atoms with Crippen LogP contribution < -0.4 is 0 Å². The number of rotatable bonds is 2. The first-order valence-corrected chi connectivity index (χ1v) is 6.46. The zero-order valence-corrected chi connectivity index (χ0v) is 9.72. The molecule has 0 bridgehead atoms. The first kappa shape index (κ1) is 11.7. The van der Waals surface area contributed by atoms with Crippen molar-refractivity contribution < 1.29 is 18.3 Å². The Kier molecular flexibility index (Phi) is 2.89. The number of phenolic OH excluding ortho intramolecular Hbond substituents is 1. The predicted molar refractivity (Wildman–Crippen MR) is 60.8 cm³/mol. The fraction of sp³-hybridized carbons (Fsp3) is 0.182. The third-order valence-electron chi connectivity index (χ3n) is 2.44. The Labute approximate surface area is 99.0 Å². The molecule has 6 heteroatoms. The van der Waals surface area contributed by atoms with Gasteiger partial charge < -0.3 is 5.11 Å². The molecule has 1 heterocycles. The molecule has 0 fully saturated rings. The summed E-state index contributed by atoms with van der Waals surface area (Å²) in [6.07, 6.45) is 3.30. The van der Waals surface area contributed by atoms with E-state index in [1.807, 2.05) is 0 Å². The van der Waals surface area contributed by atoms with Crippen molar-refractivity contribution in [2.45, 2.75) is 11.3 Å². The van der Waals surface area contributed by atoms with E-state index >= 15 is 0 Å². The van der Waals surface area contributed by atoms with Crippen LogP contribution in [0.5, 0.6) is 5.75 Å². The van der Waals surface area contributed by atoms with Gasteiger partial charge >= 0.3 is 0 Å². The van der Waals surface area contributed by atoms with E-state index in [4.69, 9.17) is 0 Å². The number of para-hydroxylation sites is 1. The van der Waals surface area contributed by atoms with Crippen molar-refractivity contribution in [3.05, 3.63) is 36.4 Å². The van der Waals surface area contributed by atoms with Crippen LogP contribution in [0.4, 0.5) is 0 Å². The van der Waals surface area contributed by atoms with Gasteiger partial charge in [-0.2, -0.15) is 0 Å². The lowest BCUT2D eigenvalue weighted by molar-refractivity contribution is -0.125. The molecule has 0 saturated carbocycles. The maximum absolute atomic E-state index is 12.1. The zero-order chi connectivity index (χ0) is 12.5. The van der Waals surface area contributed by atoms with Gasteiger partial charge in [0.15, 0.2) is 0 Å². The standard InChI is InChI=1S/C11H11NO4S/c13-9-5-1-2-6-10(9)17(15,16)12-8-4-3-7-11(12)14/h1-6,13H,7-8H2. The number of nitrogens with zero attached hydrogens (tertiary/aromatic N) is 1. The minimum Gasteiger partial charge on any atom is -0.507 e. The second kappa shape index (κ2) is 4.21. The van der Waals surface area contributed by atoms with E-state index in [-0.39, 0.29) is 23.6 Å². The number of phenols is 1. The lowest BCUT2D eigenvalue weighted by atomic mass is 10.3. The van der Waals surface area contributed by atoms with Gasteiger partial charge in [-0.15, -0.1) is 0 Å². The lowest BCUT2D eigenvalue weighted by Crippen LogP contribution is -2.38. The van der Waals surface area contributed by atoms with Crippen LogP contribution in [0.25, 0.3) is 0 Å². The molecule has 17 heavy (non-hydrogen) atoms. The summed E-state index contributed by atoms with van der Waals surface area (Å²) < 4.78 is 25.0.